The van der Waals surface area contributed by atoms with E-state index in [0.29, 0.717) is 13.2 Å². The lowest BCUT2D eigenvalue weighted by molar-refractivity contribution is -0.0482. The average molecular weight is 330 g/mol. The zero-order valence-electron chi connectivity index (χ0n) is 12.1. The second-order valence-corrected chi connectivity index (χ2v) is 6.58. The monoisotopic (exact) mass is 329 g/mol. The van der Waals surface area contributed by atoms with Crippen molar-refractivity contribution in [1.29, 1.82) is 0 Å². The van der Waals surface area contributed by atoms with Gasteiger partial charge in [-0.1, -0.05) is 34.1 Å². The Morgan fingerprint density at radius 1 is 1.32 bits per heavy atom. The van der Waals surface area contributed by atoms with Gasteiger partial charge >= 0.3 is 0 Å². The first kappa shape index (κ1) is 16.6. The molecule has 0 fully saturated rings. The molecule has 1 aromatic rings. The van der Waals surface area contributed by atoms with Crippen LogP contribution in [0.4, 0.5) is 0 Å². The molecule has 0 amide bonds. The third-order valence-corrected chi connectivity index (χ3v) is 3.46. The number of ether oxygens (including phenoxy) is 1. The first-order chi connectivity index (χ1) is 8.79. The number of aliphatic hydroxyl groups excluding tert-OH is 1. The van der Waals surface area contributed by atoms with Crippen molar-refractivity contribution in [2.45, 2.75) is 45.4 Å². The predicted octanol–water partition coefficient (Wildman–Crippen LogP) is 3.28. The van der Waals surface area contributed by atoms with Crippen molar-refractivity contribution in [3.8, 4) is 0 Å². The highest BCUT2D eigenvalue weighted by Gasteiger charge is 2.15. The third kappa shape index (κ3) is 6.52. The lowest BCUT2D eigenvalue weighted by Gasteiger charge is -2.23. The van der Waals surface area contributed by atoms with E-state index in [1.54, 1.807) is 0 Å². The Labute approximate surface area is 124 Å². The van der Waals surface area contributed by atoms with E-state index < -0.39 is 6.10 Å². The van der Waals surface area contributed by atoms with Gasteiger partial charge in [0.1, 0.15) is 0 Å². The van der Waals surface area contributed by atoms with Gasteiger partial charge in [0.15, 0.2) is 0 Å². The summed E-state index contributed by atoms with van der Waals surface area (Å²) in [6, 6.07) is 8.27. The van der Waals surface area contributed by atoms with Crippen LogP contribution in [0.1, 0.15) is 39.3 Å². The molecular weight excluding hydrogens is 306 g/mol. The number of rotatable bonds is 6. The number of benzene rings is 1. The smallest absolute Gasteiger partial charge is 0.0898 e. The molecule has 19 heavy (non-hydrogen) atoms. The molecule has 0 spiro atoms. The second-order valence-electron chi connectivity index (χ2n) is 5.73. The zero-order valence-corrected chi connectivity index (χ0v) is 13.7. The van der Waals surface area contributed by atoms with Crippen molar-refractivity contribution in [2.24, 2.45) is 0 Å². The Kier molecular flexibility index (Phi) is 6.47. The highest BCUT2D eigenvalue weighted by molar-refractivity contribution is 9.10. The van der Waals surface area contributed by atoms with Crippen LogP contribution in [0.25, 0.3) is 0 Å². The van der Waals surface area contributed by atoms with Crippen molar-refractivity contribution in [2.75, 3.05) is 13.2 Å². The maximum absolute atomic E-state index is 9.88. The third-order valence-electron chi connectivity index (χ3n) is 2.74. The Balaban J connectivity index is 2.38. The molecule has 0 aliphatic heterocycles. The molecule has 0 saturated carbocycles. The van der Waals surface area contributed by atoms with Gasteiger partial charge in [0.05, 0.1) is 18.3 Å². The molecule has 2 unspecified atom stereocenters. The summed E-state index contributed by atoms with van der Waals surface area (Å²) in [7, 11) is 0. The number of nitrogens with one attached hydrogen (secondary N) is 1. The van der Waals surface area contributed by atoms with Gasteiger partial charge in [-0.2, -0.15) is 0 Å². The summed E-state index contributed by atoms with van der Waals surface area (Å²) in [5.41, 5.74) is 0.973. The molecule has 0 aliphatic rings. The van der Waals surface area contributed by atoms with Gasteiger partial charge in [0.2, 0.25) is 0 Å². The van der Waals surface area contributed by atoms with E-state index in [0.717, 1.165) is 4.47 Å². The molecule has 4 heteroatoms. The molecule has 0 bridgehead atoms. The van der Waals surface area contributed by atoms with Gasteiger partial charge in [-0.05, 0) is 39.3 Å². The fraction of sp³-hybridized carbons (Fsp3) is 0.600. The second kappa shape index (κ2) is 7.39. The van der Waals surface area contributed by atoms with E-state index in [9.17, 15) is 5.11 Å². The molecule has 108 valence electrons. The maximum atomic E-state index is 9.88. The Hall–Kier alpha value is -0.420. The van der Waals surface area contributed by atoms with Gasteiger partial charge in [-0.3, -0.25) is 0 Å². The van der Waals surface area contributed by atoms with Crippen molar-refractivity contribution in [3.05, 3.63) is 34.3 Å². The van der Waals surface area contributed by atoms with Crippen molar-refractivity contribution < 1.29 is 9.84 Å². The molecule has 1 aromatic carbocycles. The minimum atomic E-state index is -0.496. The van der Waals surface area contributed by atoms with Crippen LogP contribution in [0, 0.1) is 0 Å². The Morgan fingerprint density at radius 2 is 1.95 bits per heavy atom. The molecule has 0 radical (unpaired) electrons. The highest BCUT2D eigenvalue weighted by Crippen LogP contribution is 2.22. The topological polar surface area (TPSA) is 41.5 Å². The minimum absolute atomic E-state index is 0.180. The molecule has 2 atom stereocenters. The molecule has 0 heterocycles. The molecule has 0 aromatic heterocycles. The van der Waals surface area contributed by atoms with Gasteiger partial charge in [0.25, 0.3) is 0 Å². The SMILES string of the molecule is CC(NCC(O)COC(C)(C)C)c1ccccc1Br. The summed E-state index contributed by atoms with van der Waals surface area (Å²) >= 11 is 3.53. The van der Waals surface area contributed by atoms with Crippen molar-refractivity contribution in [1.82, 2.24) is 5.32 Å². The van der Waals surface area contributed by atoms with E-state index in [4.69, 9.17) is 4.74 Å². The highest BCUT2D eigenvalue weighted by atomic mass is 79.9. The van der Waals surface area contributed by atoms with Gasteiger partial charge in [-0.15, -0.1) is 0 Å². The van der Waals surface area contributed by atoms with E-state index in [1.165, 1.54) is 5.56 Å². The molecule has 3 nitrogen and oxygen atoms in total. The fourth-order valence-electron chi connectivity index (χ4n) is 1.65. The van der Waals surface area contributed by atoms with E-state index in [2.05, 4.69) is 34.2 Å². The van der Waals surface area contributed by atoms with E-state index >= 15 is 0 Å². The molecule has 0 saturated heterocycles. The van der Waals surface area contributed by atoms with Crippen LogP contribution >= 0.6 is 15.9 Å². The number of halogens is 1. The molecular formula is C15H24BrNO2. The summed E-state index contributed by atoms with van der Waals surface area (Å²) in [6.07, 6.45) is -0.496. The lowest BCUT2D eigenvalue weighted by Crippen LogP contribution is -2.34. The predicted molar refractivity (Wildman–Crippen MR) is 82.3 cm³/mol. The number of hydrogen-bond donors (Lipinski definition) is 2. The summed E-state index contributed by atoms with van der Waals surface area (Å²) in [4.78, 5) is 0. The largest absolute Gasteiger partial charge is 0.389 e. The van der Waals surface area contributed by atoms with E-state index in [-0.39, 0.29) is 11.6 Å². The first-order valence-corrected chi connectivity index (χ1v) is 7.39. The summed E-state index contributed by atoms with van der Waals surface area (Å²) in [5.74, 6) is 0. The van der Waals surface area contributed by atoms with Gasteiger partial charge in [-0.25, -0.2) is 0 Å². The Bertz CT molecular complexity index is 390. The number of aliphatic hydroxyl groups is 1. The fourth-order valence-corrected chi connectivity index (χ4v) is 2.28. The van der Waals surface area contributed by atoms with Crippen LogP contribution in [-0.2, 0) is 4.74 Å². The van der Waals surface area contributed by atoms with Crippen LogP contribution in [0.15, 0.2) is 28.7 Å². The summed E-state index contributed by atoms with van der Waals surface area (Å²) in [5, 5.41) is 13.2. The Morgan fingerprint density at radius 3 is 2.53 bits per heavy atom. The number of hydrogen-bond acceptors (Lipinski definition) is 3. The van der Waals surface area contributed by atoms with Crippen LogP contribution in [0.2, 0.25) is 0 Å². The zero-order chi connectivity index (χ0) is 14.5. The van der Waals surface area contributed by atoms with Crippen molar-refractivity contribution >= 4 is 15.9 Å². The van der Waals surface area contributed by atoms with E-state index in [1.807, 2.05) is 39.0 Å². The van der Waals surface area contributed by atoms with Crippen LogP contribution in [0.3, 0.4) is 0 Å². The minimum Gasteiger partial charge on any atom is -0.389 e. The molecule has 2 N–H and O–H groups in total. The first-order valence-electron chi connectivity index (χ1n) is 6.59. The maximum Gasteiger partial charge on any atom is 0.0898 e. The summed E-state index contributed by atoms with van der Waals surface area (Å²) < 4.78 is 6.63. The van der Waals surface area contributed by atoms with Gasteiger partial charge in [0, 0.05) is 17.1 Å². The lowest BCUT2D eigenvalue weighted by atomic mass is 10.1. The quantitative estimate of drug-likeness (QED) is 0.841. The van der Waals surface area contributed by atoms with Crippen LogP contribution in [0.5, 0.6) is 0 Å². The van der Waals surface area contributed by atoms with Crippen LogP contribution < -0.4 is 5.32 Å². The average Bonchev–Trinajstić information content (AvgIpc) is 2.33. The normalized spacial score (nSPS) is 15.3. The standard InChI is InChI=1S/C15H24BrNO2/c1-11(13-7-5-6-8-14(13)16)17-9-12(18)10-19-15(2,3)4/h5-8,11-12,17-18H,9-10H2,1-4H3. The van der Waals surface area contributed by atoms with Crippen molar-refractivity contribution in [3.63, 3.8) is 0 Å². The van der Waals surface area contributed by atoms with Gasteiger partial charge < -0.3 is 15.2 Å². The molecule has 0 aliphatic carbocycles. The van der Waals surface area contributed by atoms with Crippen LogP contribution in [-0.4, -0.2) is 30.0 Å². The molecule has 1 rings (SSSR count). The summed E-state index contributed by atoms with van der Waals surface area (Å²) in [6.45, 7) is 8.89.